The lowest BCUT2D eigenvalue weighted by molar-refractivity contribution is -0.138. The van der Waals surface area contributed by atoms with Crippen molar-refractivity contribution in [3.05, 3.63) is 0 Å². The van der Waals surface area contributed by atoms with Gasteiger partial charge in [0.05, 0.1) is 12.7 Å². The highest BCUT2D eigenvalue weighted by atomic mass is 16.6. The maximum Gasteiger partial charge on any atom is 0.320 e. The van der Waals surface area contributed by atoms with E-state index in [2.05, 4.69) is 0 Å². The van der Waals surface area contributed by atoms with Crippen molar-refractivity contribution in [2.75, 3.05) is 6.61 Å². The molecule has 0 aromatic carbocycles. The number of rotatable bonds is 5. The van der Waals surface area contributed by atoms with Gasteiger partial charge >= 0.3 is 5.97 Å². The van der Waals surface area contributed by atoms with E-state index in [1.165, 1.54) is 0 Å². The molecular formula is C9H17NO6. The lowest BCUT2D eigenvalue weighted by Gasteiger charge is -2.15. The number of hydrogen-bond acceptors (Lipinski definition) is 6. The zero-order chi connectivity index (χ0) is 12.3. The Balaban J connectivity index is 2.41. The Labute approximate surface area is 92.4 Å². The predicted molar refractivity (Wildman–Crippen MR) is 52.6 cm³/mol. The molecule has 94 valence electrons. The average Bonchev–Trinajstić information content (AvgIpc) is 2.52. The van der Waals surface area contributed by atoms with Crippen molar-refractivity contribution in [1.82, 2.24) is 0 Å². The van der Waals surface area contributed by atoms with Crippen LogP contribution in [0.25, 0.3) is 0 Å². The summed E-state index contributed by atoms with van der Waals surface area (Å²) < 4.78 is 5.17. The van der Waals surface area contributed by atoms with E-state index in [1.807, 2.05) is 0 Å². The molecule has 1 aliphatic heterocycles. The van der Waals surface area contributed by atoms with Gasteiger partial charge in [-0.2, -0.15) is 0 Å². The fraction of sp³-hybridized carbons (Fsp3) is 0.889. The molecule has 0 amide bonds. The maximum absolute atomic E-state index is 10.5. The van der Waals surface area contributed by atoms with E-state index in [9.17, 15) is 15.0 Å². The quantitative estimate of drug-likeness (QED) is 0.360. The Hall–Kier alpha value is -0.730. The summed E-state index contributed by atoms with van der Waals surface area (Å²) >= 11 is 0. The first-order valence-corrected chi connectivity index (χ1v) is 5.08. The molecule has 5 atom stereocenters. The van der Waals surface area contributed by atoms with Crippen molar-refractivity contribution < 1.29 is 30.0 Å². The van der Waals surface area contributed by atoms with Gasteiger partial charge in [-0.1, -0.05) is 0 Å². The van der Waals surface area contributed by atoms with Crippen molar-refractivity contribution in [2.45, 2.75) is 43.3 Å². The molecule has 16 heavy (non-hydrogen) atoms. The van der Waals surface area contributed by atoms with E-state index in [0.29, 0.717) is 0 Å². The molecule has 0 aliphatic carbocycles. The van der Waals surface area contributed by atoms with Crippen LogP contribution in [0.5, 0.6) is 0 Å². The van der Waals surface area contributed by atoms with E-state index in [0.717, 1.165) is 0 Å². The number of carbonyl (C=O) groups is 1. The minimum atomic E-state index is -1.14. The number of hydrogen-bond donors (Lipinski definition) is 5. The third-order valence-corrected chi connectivity index (χ3v) is 2.72. The fourth-order valence-electron chi connectivity index (χ4n) is 1.68. The molecule has 0 saturated carbocycles. The molecule has 1 rings (SSSR count). The van der Waals surface area contributed by atoms with Crippen LogP contribution in [0.3, 0.4) is 0 Å². The van der Waals surface area contributed by atoms with Crippen LogP contribution >= 0.6 is 0 Å². The second-order valence-electron chi connectivity index (χ2n) is 3.90. The minimum absolute atomic E-state index is 0.141. The molecule has 1 fully saturated rings. The van der Waals surface area contributed by atoms with Crippen LogP contribution in [0.2, 0.25) is 0 Å². The van der Waals surface area contributed by atoms with Gasteiger partial charge in [0.25, 0.3) is 0 Å². The SMILES string of the molecule is N[C@@H](CC[C@H]1O[C@H](CO)[C@@H](O)[C@H]1O)C(=O)O. The van der Waals surface area contributed by atoms with Gasteiger partial charge in [0.2, 0.25) is 0 Å². The van der Waals surface area contributed by atoms with Crippen LogP contribution < -0.4 is 5.73 Å². The van der Waals surface area contributed by atoms with E-state index >= 15 is 0 Å². The Kier molecular flexibility index (Phi) is 4.63. The normalized spacial score (nSPS) is 36.2. The van der Waals surface area contributed by atoms with Crippen molar-refractivity contribution in [3.8, 4) is 0 Å². The van der Waals surface area contributed by atoms with E-state index in [1.54, 1.807) is 0 Å². The Morgan fingerprint density at radius 1 is 1.31 bits per heavy atom. The summed E-state index contributed by atoms with van der Waals surface area (Å²) in [4.78, 5) is 10.5. The first kappa shape index (κ1) is 13.3. The molecule has 0 unspecified atom stereocenters. The van der Waals surface area contributed by atoms with Crippen LogP contribution in [0.1, 0.15) is 12.8 Å². The number of carboxylic acids is 1. The third kappa shape index (κ3) is 2.89. The van der Waals surface area contributed by atoms with Crippen molar-refractivity contribution >= 4 is 5.97 Å². The number of aliphatic hydroxyl groups excluding tert-OH is 3. The topological polar surface area (TPSA) is 133 Å². The lowest BCUT2D eigenvalue weighted by Crippen LogP contribution is -2.35. The van der Waals surface area contributed by atoms with Gasteiger partial charge in [0.15, 0.2) is 0 Å². The molecule has 0 aromatic rings. The van der Waals surface area contributed by atoms with Crippen LogP contribution in [0.15, 0.2) is 0 Å². The standard InChI is InChI=1S/C9H17NO6/c10-4(9(14)15)1-2-5-7(12)8(13)6(3-11)16-5/h4-8,11-13H,1-3,10H2,(H,14,15)/t4-,5+,6+,7-,8+/m0/s1. The van der Waals surface area contributed by atoms with Gasteiger partial charge in [-0.05, 0) is 12.8 Å². The second kappa shape index (κ2) is 5.55. The van der Waals surface area contributed by atoms with Gasteiger partial charge < -0.3 is 30.9 Å². The summed E-state index contributed by atoms with van der Waals surface area (Å²) in [5.41, 5.74) is 5.29. The van der Waals surface area contributed by atoms with Gasteiger partial charge in [0, 0.05) is 0 Å². The van der Waals surface area contributed by atoms with Gasteiger partial charge in [0.1, 0.15) is 24.4 Å². The lowest BCUT2D eigenvalue weighted by atomic mass is 10.0. The third-order valence-electron chi connectivity index (χ3n) is 2.72. The van der Waals surface area contributed by atoms with E-state index in [4.69, 9.17) is 20.7 Å². The van der Waals surface area contributed by atoms with Gasteiger partial charge in [-0.3, -0.25) is 4.79 Å². The summed E-state index contributed by atoms with van der Waals surface area (Å²) in [5, 5.41) is 36.3. The van der Waals surface area contributed by atoms with Gasteiger partial charge in [-0.15, -0.1) is 0 Å². The van der Waals surface area contributed by atoms with Crippen LogP contribution in [-0.2, 0) is 9.53 Å². The van der Waals surface area contributed by atoms with Crippen LogP contribution in [0, 0.1) is 0 Å². The molecule has 0 aromatic heterocycles. The Bertz CT molecular complexity index is 248. The molecule has 7 heteroatoms. The van der Waals surface area contributed by atoms with Crippen molar-refractivity contribution in [1.29, 1.82) is 0 Å². The first-order valence-electron chi connectivity index (χ1n) is 5.08. The summed E-state index contributed by atoms with van der Waals surface area (Å²) in [6.45, 7) is -0.389. The van der Waals surface area contributed by atoms with Crippen molar-refractivity contribution in [3.63, 3.8) is 0 Å². The highest BCUT2D eigenvalue weighted by Crippen LogP contribution is 2.24. The van der Waals surface area contributed by atoms with E-state index in [-0.39, 0.29) is 19.4 Å². The molecule has 0 bridgehead atoms. The average molecular weight is 235 g/mol. The van der Waals surface area contributed by atoms with E-state index < -0.39 is 36.4 Å². The number of ether oxygens (including phenoxy) is 1. The van der Waals surface area contributed by atoms with Crippen LogP contribution in [-0.4, -0.2) is 63.5 Å². The number of aliphatic hydroxyl groups is 3. The Morgan fingerprint density at radius 2 is 1.88 bits per heavy atom. The molecule has 0 spiro atoms. The first-order chi connectivity index (χ1) is 7.47. The number of aliphatic carboxylic acids is 1. The summed E-state index contributed by atoms with van der Waals surface area (Å²) in [7, 11) is 0. The summed E-state index contributed by atoms with van der Waals surface area (Å²) in [6, 6.07) is -1.01. The predicted octanol–water partition coefficient (Wildman–Crippen LogP) is -2.34. The molecule has 6 N–H and O–H groups in total. The monoisotopic (exact) mass is 235 g/mol. The highest BCUT2D eigenvalue weighted by molar-refractivity contribution is 5.72. The summed E-state index contributed by atoms with van der Waals surface area (Å²) in [6.07, 6.45) is -3.39. The molecule has 1 saturated heterocycles. The minimum Gasteiger partial charge on any atom is -0.480 e. The molecular weight excluding hydrogens is 218 g/mol. The molecule has 1 heterocycles. The maximum atomic E-state index is 10.5. The molecule has 0 radical (unpaired) electrons. The molecule has 1 aliphatic rings. The van der Waals surface area contributed by atoms with Gasteiger partial charge in [-0.25, -0.2) is 0 Å². The Morgan fingerprint density at radius 3 is 2.31 bits per heavy atom. The zero-order valence-corrected chi connectivity index (χ0v) is 8.69. The number of carboxylic acid groups (broad SMARTS) is 1. The van der Waals surface area contributed by atoms with Crippen molar-refractivity contribution in [2.24, 2.45) is 5.73 Å². The largest absolute Gasteiger partial charge is 0.480 e. The fourth-order valence-corrected chi connectivity index (χ4v) is 1.68. The van der Waals surface area contributed by atoms with Crippen LogP contribution in [0.4, 0.5) is 0 Å². The second-order valence-corrected chi connectivity index (χ2v) is 3.90. The number of nitrogens with two attached hydrogens (primary N) is 1. The zero-order valence-electron chi connectivity index (χ0n) is 8.69. The highest BCUT2D eigenvalue weighted by Gasteiger charge is 2.42. The molecule has 7 nitrogen and oxygen atoms in total. The smallest absolute Gasteiger partial charge is 0.320 e. The summed E-state index contributed by atoms with van der Waals surface area (Å²) in [5.74, 6) is -1.12.